The van der Waals surface area contributed by atoms with Crippen molar-refractivity contribution in [3.8, 4) is 22.9 Å². The minimum Gasteiger partial charge on any atom is -0.507 e. The molecule has 0 bridgehead atoms. The third-order valence-electron chi connectivity index (χ3n) is 2.36. The Morgan fingerprint density at radius 1 is 1.06 bits per heavy atom. The molecule has 0 spiro atoms. The molecule has 0 atom stereocenters. The monoisotopic (exact) mass is 263 g/mol. The van der Waals surface area contributed by atoms with E-state index in [2.05, 4.69) is 0 Å². The Balaban J connectivity index is 2.54. The molecule has 2 rings (SSSR count). The molecule has 17 heavy (non-hydrogen) atoms. The molecule has 84 valence electrons. The van der Waals surface area contributed by atoms with Crippen LogP contribution >= 0.6 is 23.2 Å². The lowest BCUT2D eigenvalue weighted by atomic mass is 10.0. The molecule has 0 amide bonds. The fourth-order valence-electron chi connectivity index (χ4n) is 1.52. The molecular formula is C13H7Cl2NO. The molecule has 0 aliphatic heterocycles. The molecular weight excluding hydrogens is 257 g/mol. The third kappa shape index (κ3) is 2.36. The zero-order valence-corrected chi connectivity index (χ0v) is 10.1. The molecule has 0 aliphatic rings. The van der Waals surface area contributed by atoms with Crippen molar-refractivity contribution >= 4 is 23.2 Å². The number of halogens is 2. The van der Waals surface area contributed by atoms with Crippen LogP contribution in [0.3, 0.4) is 0 Å². The molecule has 0 saturated heterocycles. The van der Waals surface area contributed by atoms with Crippen molar-refractivity contribution < 1.29 is 5.11 Å². The van der Waals surface area contributed by atoms with Crippen LogP contribution in [0.25, 0.3) is 11.1 Å². The average molecular weight is 264 g/mol. The van der Waals surface area contributed by atoms with Crippen LogP contribution in [0.1, 0.15) is 5.56 Å². The van der Waals surface area contributed by atoms with E-state index in [9.17, 15) is 5.11 Å². The van der Waals surface area contributed by atoms with Gasteiger partial charge in [0.1, 0.15) is 11.8 Å². The van der Waals surface area contributed by atoms with Crippen LogP contribution in [-0.2, 0) is 0 Å². The van der Waals surface area contributed by atoms with Gasteiger partial charge in [-0.15, -0.1) is 0 Å². The lowest BCUT2D eigenvalue weighted by Gasteiger charge is -2.06. The number of phenols is 1. The molecule has 0 saturated carbocycles. The summed E-state index contributed by atoms with van der Waals surface area (Å²) in [5.41, 5.74) is 1.73. The van der Waals surface area contributed by atoms with Gasteiger partial charge in [-0.1, -0.05) is 35.3 Å². The van der Waals surface area contributed by atoms with Gasteiger partial charge in [0.05, 0.1) is 5.56 Å². The summed E-state index contributed by atoms with van der Waals surface area (Å²) in [5.74, 6) is -0.0592. The first-order chi connectivity index (χ1) is 8.11. The Hall–Kier alpha value is -1.69. The summed E-state index contributed by atoms with van der Waals surface area (Å²) < 4.78 is 0. The second kappa shape index (κ2) is 4.67. The maximum Gasteiger partial charge on any atom is 0.133 e. The fraction of sp³-hybridized carbons (Fsp3) is 0. The highest BCUT2D eigenvalue weighted by Gasteiger charge is 2.07. The Kier molecular flexibility index (Phi) is 3.23. The van der Waals surface area contributed by atoms with Gasteiger partial charge in [0, 0.05) is 15.6 Å². The maximum absolute atomic E-state index is 9.61. The van der Waals surface area contributed by atoms with Crippen LogP contribution < -0.4 is 0 Å². The molecule has 0 radical (unpaired) electrons. The quantitative estimate of drug-likeness (QED) is 0.837. The number of phenolic OH excluding ortho intramolecular Hbond substituents is 1. The van der Waals surface area contributed by atoms with Crippen molar-refractivity contribution in [1.82, 2.24) is 0 Å². The van der Waals surface area contributed by atoms with Gasteiger partial charge in [-0.3, -0.25) is 0 Å². The minimum atomic E-state index is -0.0592. The number of hydrogen-bond donors (Lipinski definition) is 1. The van der Waals surface area contributed by atoms with Gasteiger partial charge in [-0.2, -0.15) is 5.26 Å². The minimum absolute atomic E-state index is 0.0592. The number of aromatic hydroxyl groups is 1. The van der Waals surface area contributed by atoms with E-state index in [1.807, 2.05) is 6.07 Å². The molecule has 2 aromatic rings. The van der Waals surface area contributed by atoms with Crippen LogP contribution in [0.5, 0.6) is 5.75 Å². The number of nitrogens with zero attached hydrogens (tertiary/aromatic N) is 1. The number of rotatable bonds is 1. The molecule has 4 heteroatoms. The van der Waals surface area contributed by atoms with Crippen molar-refractivity contribution in [2.75, 3.05) is 0 Å². The van der Waals surface area contributed by atoms with E-state index < -0.39 is 0 Å². The summed E-state index contributed by atoms with van der Waals surface area (Å²) >= 11 is 11.9. The number of benzene rings is 2. The Labute approximate surface area is 109 Å². The average Bonchev–Trinajstić information content (AvgIpc) is 2.29. The van der Waals surface area contributed by atoms with Gasteiger partial charge < -0.3 is 5.11 Å². The molecule has 0 aliphatic carbocycles. The smallest absolute Gasteiger partial charge is 0.133 e. The van der Waals surface area contributed by atoms with E-state index in [4.69, 9.17) is 28.5 Å². The molecule has 0 unspecified atom stereocenters. The van der Waals surface area contributed by atoms with Gasteiger partial charge in [0.25, 0.3) is 0 Å². The van der Waals surface area contributed by atoms with Crippen LogP contribution in [0.2, 0.25) is 10.0 Å². The third-order valence-corrected chi connectivity index (χ3v) is 2.91. The lowest BCUT2D eigenvalue weighted by molar-refractivity contribution is 0.474. The topological polar surface area (TPSA) is 44.0 Å². The second-order valence-corrected chi connectivity index (χ2v) is 4.31. The maximum atomic E-state index is 9.61. The summed E-state index contributed by atoms with van der Waals surface area (Å²) in [4.78, 5) is 0. The zero-order valence-electron chi connectivity index (χ0n) is 8.61. The second-order valence-electron chi connectivity index (χ2n) is 3.47. The first-order valence-electron chi connectivity index (χ1n) is 4.80. The molecule has 0 heterocycles. The SMILES string of the molecule is N#Cc1ccc(-c2ccc(Cl)cc2Cl)cc1O. The van der Waals surface area contributed by atoms with Crippen LogP contribution in [0.4, 0.5) is 0 Å². The predicted molar refractivity (Wildman–Crippen MR) is 68.3 cm³/mol. The van der Waals surface area contributed by atoms with Crippen molar-refractivity contribution in [2.24, 2.45) is 0 Å². The Morgan fingerprint density at radius 2 is 1.82 bits per heavy atom. The van der Waals surface area contributed by atoms with Gasteiger partial charge in [0.15, 0.2) is 0 Å². The summed E-state index contributed by atoms with van der Waals surface area (Å²) in [6.07, 6.45) is 0. The van der Waals surface area contributed by atoms with Crippen molar-refractivity contribution in [2.45, 2.75) is 0 Å². The molecule has 2 aromatic carbocycles. The van der Waals surface area contributed by atoms with Gasteiger partial charge in [-0.05, 0) is 29.8 Å². The highest BCUT2D eigenvalue weighted by atomic mass is 35.5. The van der Waals surface area contributed by atoms with E-state index in [1.165, 1.54) is 6.07 Å². The van der Waals surface area contributed by atoms with Crippen molar-refractivity contribution in [1.29, 1.82) is 5.26 Å². The lowest BCUT2D eigenvalue weighted by Crippen LogP contribution is -1.82. The van der Waals surface area contributed by atoms with Gasteiger partial charge in [0.2, 0.25) is 0 Å². The van der Waals surface area contributed by atoms with Crippen LogP contribution in [0, 0.1) is 11.3 Å². The number of nitriles is 1. The Morgan fingerprint density at radius 3 is 2.41 bits per heavy atom. The van der Waals surface area contributed by atoms with Crippen molar-refractivity contribution in [3.05, 3.63) is 52.0 Å². The van der Waals surface area contributed by atoms with Gasteiger partial charge in [-0.25, -0.2) is 0 Å². The molecule has 0 aromatic heterocycles. The van der Waals surface area contributed by atoms with Crippen molar-refractivity contribution in [3.63, 3.8) is 0 Å². The molecule has 0 fully saturated rings. The molecule has 2 nitrogen and oxygen atoms in total. The van der Waals surface area contributed by atoms with Gasteiger partial charge >= 0.3 is 0 Å². The Bertz CT molecular complexity index is 617. The highest BCUT2D eigenvalue weighted by molar-refractivity contribution is 6.36. The summed E-state index contributed by atoms with van der Waals surface area (Å²) in [7, 11) is 0. The molecule has 1 N–H and O–H groups in total. The first-order valence-corrected chi connectivity index (χ1v) is 5.56. The first kappa shape index (κ1) is 11.8. The zero-order chi connectivity index (χ0) is 12.4. The van der Waals surface area contributed by atoms with E-state index in [1.54, 1.807) is 30.3 Å². The summed E-state index contributed by atoms with van der Waals surface area (Å²) in [6, 6.07) is 11.8. The van der Waals surface area contributed by atoms with Crippen LogP contribution in [0.15, 0.2) is 36.4 Å². The number of hydrogen-bond acceptors (Lipinski definition) is 2. The predicted octanol–water partition coefficient (Wildman–Crippen LogP) is 4.24. The normalized spacial score (nSPS) is 9.94. The highest BCUT2D eigenvalue weighted by Crippen LogP contribution is 2.32. The fourth-order valence-corrected chi connectivity index (χ4v) is 2.03. The summed E-state index contributed by atoms with van der Waals surface area (Å²) in [6.45, 7) is 0. The van der Waals surface area contributed by atoms with E-state index >= 15 is 0 Å². The van der Waals surface area contributed by atoms with E-state index in [0.717, 1.165) is 11.1 Å². The summed E-state index contributed by atoms with van der Waals surface area (Å²) in [5, 5.41) is 19.4. The van der Waals surface area contributed by atoms with E-state index in [0.29, 0.717) is 10.0 Å². The standard InChI is InChI=1S/C13H7Cl2NO/c14-10-3-4-11(12(15)6-10)8-1-2-9(7-16)13(17)5-8/h1-6,17H. The largest absolute Gasteiger partial charge is 0.507 e. The van der Waals surface area contributed by atoms with E-state index in [-0.39, 0.29) is 11.3 Å². The van der Waals surface area contributed by atoms with Crippen LogP contribution in [-0.4, -0.2) is 5.11 Å².